The lowest BCUT2D eigenvalue weighted by molar-refractivity contribution is -0.132. The standard InChI is InChI=1S/C18H22F2N4O2.ClH/c1-13-3-4-15(26-17(19)20)14(11-13)12-22-16(25)18(5-8-21-9-6-18)24-10-2-7-23-24;/h2-4,7,10-11,17,21H,5-6,8-9,12H2,1H3,(H,22,25);1H. The van der Waals surface area contributed by atoms with E-state index in [0.29, 0.717) is 31.5 Å². The number of rotatable bonds is 6. The molecule has 0 spiro atoms. The first-order valence-corrected chi connectivity index (χ1v) is 8.55. The molecule has 0 bridgehead atoms. The molecule has 6 nitrogen and oxygen atoms in total. The number of carbonyl (C=O) groups excluding carboxylic acids is 1. The number of ether oxygens (including phenoxy) is 1. The summed E-state index contributed by atoms with van der Waals surface area (Å²) in [7, 11) is 0. The van der Waals surface area contributed by atoms with Gasteiger partial charge in [0.05, 0.1) is 0 Å². The minimum Gasteiger partial charge on any atom is -0.434 e. The van der Waals surface area contributed by atoms with Gasteiger partial charge < -0.3 is 15.4 Å². The summed E-state index contributed by atoms with van der Waals surface area (Å²) in [5, 5.41) is 10.4. The van der Waals surface area contributed by atoms with Gasteiger partial charge in [-0.1, -0.05) is 17.7 Å². The molecule has 3 rings (SSSR count). The Morgan fingerprint density at radius 3 is 2.78 bits per heavy atom. The number of benzene rings is 1. The van der Waals surface area contributed by atoms with E-state index in [-0.39, 0.29) is 30.6 Å². The lowest BCUT2D eigenvalue weighted by atomic mass is 9.87. The Balaban J connectivity index is 0.00000261. The molecule has 0 unspecified atom stereocenters. The second-order valence-electron chi connectivity index (χ2n) is 6.40. The van der Waals surface area contributed by atoms with Crippen LogP contribution in [0.5, 0.6) is 5.75 Å². The van der Waals surface area contributed by atoms with Crippen molar-refractivity contribution in [2.75, 3.05) is 13.1 Å². The van der Waals surface area contributed by atoms with Gasteiger partial charge in [-0.2, -0.15) is 13.9 Å². The molecule has 1 aromatic heterocycles. The highest BCUT2D eigenvalue weighted by Gasteiger charge is 2.41. The first-order chi connectivity index (χ1) is 12.5. The molecule has 1 aliphatic rings. The first kappa shape index (κ1) is 21.1. The summed E-state index contributed by atoms with van der Waals surface area (Å²) in [6.45, 7) is 0.468. The van der Waals surface area contributed by atoms with Gasteiger partial charge in [-0.05, 0) is 45.0 Å². The molecule has 2 aromatic rings. The summed E-state index contributed by atoms with van der Waals surface area (Å²) in [6, 6.07) is 6.71. The summed E-state index contributed by atoms with van der Waals surface area (Å²) < 4.78 is 31.5. The highest BCUT2D eigenvalue weighted by atomic mass is 35.5. The van der Waals surface area contributed by atoms with Crippen molar-refractivity contribution in [2.24, 2.45) is 0 Å². The largest absolute Gasteiger partial charge is 0.434 e. The van der Waals surface area contributed by atoms with Crippen molar-refractivity contribution in [2.45, 2.75) is 38.5 Å². The SMILES string of the molecule is Cc1ccc(OC(F)F)c(CNC(=O)C2(n3cccn3)CCNCC2)c1.Cl. The maximum atomic E-state index is 13.0. The average Bonchev–Trinajstić information content (AvgIpc) is 3.17. The molecular weight excluding hydrogens is 378 g/mol. The van der Waals surface area contributed by atoms with E-state index in [1.165, 1.54) is 6.07 Å². The molecule has 1 aromatic carbocycles. The first-order valence-electron chi connectivity index (χ1n) is 8.55. The topological polar surface area (TPSA) is 68.2 Å². The molecule has 0 aliphatic carbocycles. The van der Waals surface area contributed by atoms with E-state index in [4.69, 9.17) is 0 Å². The van der Waals surface area contributed by atoms with Crippen molar-refractivity contribution in [3.63, 3.8) is 0 Å². The summed E-state index contributed by atoms with van der Waals surface area (Å²) in [4.78, 5) is 13.0. The van der Waals surface area contributed by atoms with Crippen LogP contribution in [0.1, 0.15) is 24.0 Å². The number of halogens is 3. The van der Waals surface area contributed by atoms with Crippen molar-refractivity contribution in [1.82, 2.24) is 20.4 Å². The Kier molecular flexibility index (Phi) is 7.15. The van der Waals surface area contributed by atoms with Crippen LogP contribution in [0, 0.1) is 6.92 Å². The van der Waals surface area contributed by atoms with Crippen LogP contribution in [0.3, 0.4) is 0 Å². The van der Waals surface area contributed by atoms with E-state index in [9.17, 15) is 13.6 Å². The van der Waals surface area contributed by atoms with Crippen molar-refractivity contribution < 1.29 is 18.3 Å². The van der Waals surface area contributed by atoms with Gasteiger partial charge in [0.15, 0.2) is 0 Å². The highest BCUT2D eigenvalue weighted by molar-refractivity contribution is 5.85. The average molecular weight is 401 g/mol. The molecule has 2 heterocycles. The van der Waals surface area contributed by atoms with Crippen LogP contribution in [0.2, 0.25) is 0 Å². The molecule has 1 saturated heterocycles. The molecule has 0 saturated carbocycles. The van der Waals surface area contributed by atoms with Gasteiger partial charge in [0.2, 0.25) is 5.91 Å². The number of alkyl halides is 2. The Bertz CT molecular complexity index is 750. The molecule has 1 aliphatic heterocycles. The van der Waals surface area contributed by atoms with Crippen molar-refractivity contribution in [3.8, 4) is 5.75 Å². The van der Waals surface area contributed by atoms with Crippen LogP contribution < -0.4 is 15.4 Å². The third kappa shape index (κ3) is 4.75. The Hall–Kier alpha value is -2.19. The number of amides is 1. The zero-order valence-electron chi connectivity index (χ0n) is 15.0. The molecule has 1 amide bonds. The fraction of sp³-hybridized carbons (Fsp3) is 0.444. The zero-order valence-corrected chi connectivity index (χ0v) is 15.8. The lowest BCUT2D eigenvalue weighted by Crippen LogP contribution is -2.54. The fourth-order valence-electron chi connectivity index (χ4n) is 3.32. The minimum atomic E-state index is -2.91. The van der Waals surface area contributed by atoms with E-state index in [0.717, 1.165) is 5.56 Å². The minimum absolute atomic E-state index is 0. The molecule has 0 radical (unpaired) electrons. The Morgan fingerprint density at radius 1 is 1.41 bits per heavy atom. The highest BCUT2D eigenvalue weighted by Crippen LogP contribution is 2.28. The summed E-state index contributed by atoms with van der Waals surface area (Å²) in [5.41, 5.74) is 0.644. The fourth-order valence-corrected chi connectivity index (χ4v) is 3.32. The smallest absolute Gasteiger partial charge is 0.387 e. The maximum absolute atomic E-state index is 13.0. The normalized spacial score (nSPS) is 15.9. The predicted molar refractivity (Wildman–Crippen MR) is 99.2 cm³/mol. The predicted octanol–water partition coefficient (Wildman–Crippen LogP) is 2.61. The molecule has 0 atom stereocenters. The van der Waals surface area contributed by atoms with E-state index in [1.54, 1.807) is 35.3 Å². The maximum Gasteiger partial charge on any atom is 0.387 e. The third-order valence-corrected chi connectivity index (χ3v) is 4.67. The number of piperidine rings is 1. The molecule has 148 valence electrons. The van der Waals surface area contributed by atoms with Gasteiger partial charge in [0.1, 0.15) is 11.3 Å². The molecule has 9 heteroatoms. The quantitative estimate of drug-likeness (QED) is 0.782. The number of aromatic nitrogens is 2. The Morgan fingerprint density at radius 2 is 2.15 bits per heavy atom. The van der Waals surface area contributed by atoms with Crippen molar-refractivity contribution in [3.05, 3.63) is 47.8 Å². The molecular formula is C18H23ClF2N4O2. The molecule has 27 heavy (non-hydrogen) atoms. The van der Waals surface area contributed by atoms with E-state index in [1.807, 2.05) is 6.92 Å². The second-order valence-corrected chi connectivity index (χ2v) is 6.40. The third-order valence-electron chi connectivity index (χ3n) is 4.67. The zero-order chi connectivity index (χ0) is 18.6. The lowest BCUT2D eigenvalue weighted by Gasteiger charge is -2.36. The van der Waals surface area contributed by atoms with Gasteiger partial charge in [-0.15, -0.1) is 12.4 Å². The van der Waals surface area contributed by atoms with Gasteiger partial charge in [0, 0.05) is 24.5 Å². The van der Waals surface area contributed by atoms with Crippen molar-refractivity contribution in [1.29, 1.82) is 0 Å². The van der Waals surface area contributed by atoms with Crippen LogP contribution in [0.25, 0.3) is 0 Å². The van der Waals surface area contributed by atoms with Gasteiger partial charge >= 0.3 is 6.61 Å². The number of carbonyl (C=O) groups is 1. The van der Waals surface area contributed by atoms with Crippen LogP contribution >= 0.6 is 12.4 Å². The monoisotopic (exact) mass is 400 g/mol. The Labute approximate surface area is 162 Å². The van der Waals surface area contributed by atoms with Crippen molar-refractivity contribution >= 4 is 18.3 Å². The molecule has 1 fully saturated rings. The van der Waals surface area contributed by atoms with E-state index < -0.39 is 12.2 Å². The van der Waals surface area contributed by atoms with Gasteiger partial charge in [-0.25, -0.2) is 0 Å². The number of nitrogens with one attached hydrogen (secondary N) is 2. The van der Waals surface area contributed by atoms with Crippen LogP contribution in [0.4, 0.5) is 8.78 Å². The van der Waals surface area contributed by atoms with Crippen LogP contribution in [-0.4, -0.2) is 35.4 Å². The summed E-state index contributed by atoms with van der Waals surface area (Å²) in [6.07, 6.45) is 4.64. The second kappa shape index (κ2) is 9.14. The molecule has 2 N–H and O–H groups in total. The summed E-state index contributed by atoms with van der Waals surface area (Å²) in [5.74, 6) is -0.100. The van der Waals surface area contributed by atoms with E-state index in [2.05, 4.69) is 20.5 Å². The number of aryl methyl sites for hydroxylation is 1. The summed E-state index contributed by atoms with van der Waals surface area (Å²) >= 11 is 0. The van der Waals surface area contributed by atoms with Crippen LogP contribution in [0.15, 0.2) is 36.7 Å². The number of nitrogens with zero attached hydrogens (tertiary/aromatic N) is 2. The van der Waals surface area contributed by atoms with Crippen LogP contribution in [-0.2, 0) is 16.9 Å². The van der Waals surface area contributed by atoms with Gasteiger partial charge in [0.25, 0.3) is 0 Å². The van der Waals surface area contributed by atoms with E-state index >= 15 is 0 Å². The number of hydrogen-bond donors (Lipinski definition) is 2. The van der Waals surface area contributed by atoms with Gasteiger partial charge in [-0.3, -0.25) is 9.48 Å². The number of hydrogen-bond acceptors (Lipinski definition) is 4.